The molecule has 36 heavy (non-hydrogen) atoms. The summed E-state index contributed by atoms with van der Waals surface area (Å²) in [6, 6.07) is 0. The van der Waals surface area contributed by atoms with Gasteiger partial charge in [0.25, 0.3) is 0 Å². The van der Waals surface area contributed by atoms with Gasteiger partial charge in [-0.1, -0.05) is 0 Å². The minimum absolute atomic E-state index is 0.151. The lowest BCUT2D eigenvalue weighted by molar-refractivity contribution is -0.308. The fourth-order valence-electron chi connectivity index (χ4n) is 3.86. The van der Waals surface area contributed by atoms with Crippen LogP contribution in [-0.4, -0.2) is 85.3 Å². The van der Waals surface area contributed by atoms with Gasteiger partial charge in [-0.15, -0.1) is 0 Å². The average Bonchev–Trinajstić information content (AvgIpc) is 2.93. The molecule has 0 saturated carbocycles. The van der Waals surface area contributed by atoms with Crippen molar-refractivity contribution in [2.75, 3.05) is 13.2 Å². The lowest BCUT2D eigenvalue weighted by Gasteiger charge is -2.44. The van der Waals surface area contributed by atoms with Crippen molar-refractivity contribution in [2.24, 2.45) is 0 Å². The third kappa shape index (κ3) is 8.12. The van der Waals surface area contributed by atoms with E-state index >= 15 is 0 Å². The van der Waals surface area contributed by atoms with Gasteiger partial charge < -0.3 is 37.9 Å². The predicted octanol–water partition coefficient (Wildman–Crippen LogP) is 1.80. The van der Waals surface area contributed by atoms with Crippen LogP contribution in [0.5, 0.6) is 0 Å². The molecule has 0 aromatic heterocycles. The highest BCUT2D eigenvalue weighted by Gasteiger charge is 2.53. The number of rotatable bonds is 10. The molecule has 12 nitrogen and oxygen atoms in total. The summed E-state index contributed by atoms with van der Waals surface area (Å²) in [5.41, 5.74) is -0.920. The first kappa shape index (κ1) is 29.9. The van der Waals surface area contributed by atoms with Gasteiger partial charge in [-0.3, -0.25) is 19.2 Å². The zero-order valence-corrected chi connectivity index (χ0v) is 22.2. The fourth-order valence-corrected chi connectivity index (χ4v) is 3.86. The van der Waals surface area contributed by atoms with E-state index in [9.17, 15) is 19.2 Å². The van der Waals surface area contributed by atoms with Crippen LogP contribution in [0.25, 0.3) is 0 Å². The van der Waals surface area contributed by atoms with E-state index in [0.29, 0.717) is 12.8 Å². The Morgan fingerprint density at radius 1 is 0.722 bits per heavy atom. The maximum absolute atomic E-state index is 11.9. The number of hydrogen-bond acceptors (Lipinski definition) is 12. The molecule has 2 heterocycles. The maximum Gasteiger partial charge on any atom is 0.303 e. The number of esters is 4. The Hall–Kier alpha value is -2.28. The monoisotopic (exact) mass is 518 g/mol. The topological polar surface area (TPSA) is 142 Å². The normalized spacial score (nSPS) is 29.3. The molecular weight excluding hydrogens is 480 g/mol. The van der Waals surface area contributed by atoms with Gasteiger partial charge in [0, 0.05) is 34.1 Å². The molecule has 2 aliphatic rings. The van der Waals surface area contributed by atoms with E-state index in [1.165, 1.54) is 13.8 Å². The first-order chi connectivity index (χ1) is 16.6. The second-order valence-corrected chi connectivity index (χ2v) is 9.77. The molecule has 0 radical (unpaired) electrons. The highest BCUT2D eigenvalue weighted by molar-refractivity contribution is 5.68. The van der Waals surface area contributed by atoms with Crippen LogP contribution in [0.1, 0.15) is 68.2 Å². The molecule has 12 heteroatoms. The second kappa shape index (κ2) is 12.3. The molecular formula is C24H38O12. The summed E-state index contributed by atoms with van der Waals surface area (Å²) >= 11 is 0. The highest BCUT2D eigenvalue weighted by Crippen LogP contribution is 2.39. The van der Waals surface area contributed by atoms with Crippen LogP contribution >= 0.6 is 0 Å². The van der Waals surface area contributed by atoms with Crippen LogP contribution in [0.2, 0.25) is 0 Å². The summed E-state index contributed by atoms with van der Waals surface area (Å²) in [6.07, 6.45) is -5.39. The summed E-state index contributed by atoms with van der Waals surface area (Å²) in [6.45, 7) is 12.4. The first-order valence-electron chi connectivity index (χ1n) is 11.9. The van der Waals surface area contributed by atoms with Gasteiger partial charge in [0.05, 0.1) is 17.8 Å². The Balaban J connectivity index is 2.16. The fraction of sp³-hybridized carbons (Fsp3) is 0.833. The smallest absolute Gasteiger partial charge is 0.303 e. The summed E-state index contributed by atoms with van der Waals surface area (Å²) in [4.78, 5) is 46.9. The van der Waals surface area contributed by atoms with Crippen LogP contribution in [0, 0.1) is 0 Å². The van der Waals surface area contributed by atoms with Crippen molar-refractivity contribution in [3.63, 3.8) is 0 Å². The quantitative estimate of drug-likeness (QED) is 0.236. The first-order valence-corrected chi connectivity index (χ1v) is 11.9. The molecule has 0 aromatic carbocycles. The van der Waals surface area contributed by atoms with Crippen molar-refractivity contribution < 1.29 is 57.1 Å². The standard InChI is InChI=1S/C24H38O12/c1-13(25)30-12-17-19(31-14(2)26)20(32-15(3)27)21(33-16(4)28)22(34-17)29-11-9-10-18-35-23(5,6)24(7,8)36-18/h17-22H,9-12H2,1-8H3/t17-,19+,20+,21-,22-/m1/s1. The van der Waals surface area contributed by atoms with E-state index in [-0.39, 0.29) is 13.2 Å². The number of carbonyl (C=O) groups is 4. The Labute approximate surface area is 211 Å². The lowest BCUT2D eigenvalue weighted by atomic mass is 9.90. The summed E-state index contributed by atoms with van der Waals surface area (Å²) in [5, 5.41) is 0. The van der Waals surface area contributed by atoms with Gasteiger partial charge in [0.2, 0.25) is 0 Å². The Bertz CT molecular complexity index is 791. The van der Waals surface area contributed by atoms with Gasteiger partial charge in [-0.05, 0) is 34.1 Å². The molecule has 0 unspecified atom stereocenters. The number of carbonyl (C=O) groups excluding carboxylic acids is 4. The zero-order chi connectivity index (χ0) is 27.3. The third-order valence-corrected chi connectivity index (χ3v) is 6.12. The molecule has 0 aromatic rings. The highest BCUT2D eigenvalue weighted by atomic mass is 16.8. The van der Waals surface area contributed by atoms with Crippen LogP contribution in [0.3, 0.4) is 0 Å². The van der Waals surface area contributed by atoms with E-state index in [4.69, 9.17) is 37.9 Å². The Kier molecular flexibility index (Phi) is 10.2. The van der Waals surface area contributed by atoms with Gasteiger partial charge in [-0.25, -0.2) is 0 Å². The molecule has 0 bridgehead atoms. The van der Waals surface area contributed by atoms with Gasteiger partial charge in [-0.2, -0.15) is 0 Å². The molecule has 0 spiro atoms. The van der Waals surface area contributed by atoms with Crippen molar-refractivity contribution in [1.82, 2.24) is 0 Å². The third-order valence-electron chi connectivity index (χ3n) is 6.12. The molecule has 0 amide bonds. The van der Waals surface area contributed by atoms with Crippen LogP contribution in [-0.2, 0) is 57.1 Å². The van der Waals surface area contributed by atoms with E-state index in [2.05, 4.69) is 0 Å². The molecule has 2 saturated heterocycles. The van der Waals surface area contributed by atoms with E-state index < -0.39 is 72.1 Å². The summed E-state index contributed by atoms with van der Waals surface area (Å²) < 4.78 is 44.9. The van der Waals surface area contributed by atoms with Crippen molar-refractivity contribution in [2.45, 2.75) is 116 Å². The summed E-state index contributed by atoms with van der Waals surface area (Å²) in [7, 11) is 0. The number of ether oxygens (including phenoxy) is 8. The molecule has 5 atom stereocenters. The van der Waals surface area contributed by atoms with E-state index in [0.717, 1.165) is 13.8 Å². The van der Waals surface area contributed by atoms with E-state index in [1.807, 2.05) is 27.7 Å². The SMILES string of the molecule is CC(=O)OC[C@H]1O[C@@H](OCCCC2OC(C)(C)C(C)(C)O2)[C@H](OC(C)=O)[C@@H](OC(C)=O)[C@H]1OC(C)=O. The molecule has 206 valence electrons. The second-order valence-electron chi connectivity index (χ2n) is 9.77. The molecule has 0 N–H and O–H groups in total. The number of hydrogen-bond donors (Lipinski definition) is 0. The zero-order valence-electron chi connectivity index (χ0n) is 22.2. The Morgan fingerprint density at radius 3 is 1.72 bits per heavy atom. The van der Waals surface area contributed by atoms with Gasteiger partial charge in [0.1, 0.15) is 12.7 Å². The van der Waals surface area contributed by atoms with Crippen molar-refractivity contribution >= 4 is 23.9 Å². The van der Waals surface area contributed by atoms with Gasteiger partial charge >= 0.3 is 23.9 Å². The van der Waals surface area contributed by atoms with Crippen molar-refractivity contribution in [1.29, 1.82) is 0 Å². The largest absolute Gasteiger partial charge is 0.463 e. The molecule has 2 rings (SSSR count). The van der Waals surface area contributed by atoms with Crippen molar-refractivity contribution in [3.05, 3.63) is 0 Å². The van der Waals surface area contributed by atoms with Crippen molar-refractivity contribution in [3.8, 4) is 0 Å². The molecule has 2 aliphatic heterocycles. The molecule has 2 fully saturated rings. The Morgan fingerprint density at radius 2 is 1.22 bits per heavy atom. The lowest BCUT2D eigenvalue weighted by Crippen LogP contribution is -2.63. The summed E-state index contributed by atoms with van der Waals surface area (Å²) in [5.74, 6) is -2.68. The van der Waals surface area contributed by atoms with Crippen LogP contribution < -0.4 is 0 Å². The van der Waals surface area contributed by atoms with Crippen LogP contribution in [0.4, 0.5) is 0 Å². The van der Waals surface area contributed by atoms with Crippen LogP contribution in [0.15, 0.2) is 0 Å². The maximum atomic E-state index is 11.9. The average molecular weight is 519 g/mol. The minimum atomic E-state index is -1.27. The minimum Gasteiger partial charge on any atom is -0.463 e. The molecule has 0 aliphatic carbocycles. The van der Waals surface area contributed by atoms with Gasteiger partial charge in [0.15, 0.2) is 30.9 Å². The predicted molar refractivity (Wildman–Crippen MR) is 121 cm³/mol. The van der Waals surface area contributed by atoms with E-state index in [1.54, 1.807) is 0 Å².